The average Bonchev–Trinajstić information content (AvgIpc) is 2.40. The minimum Gasteiger partial charge on any atom is -0.355 e. The predicted molar refractivity (Wildman–Crippen MR) is 69.5 cm³/mol. The predicted octanol–water partition coefficient (Wildman–Crippen LogP) is 0.853. The summed E-state index contributed by atoms with van der Waals surface area (Å²) in [5, 5.41) is 22.6. The van der Waals surface area contributed by atoms with Gasteiger partial charge >= 0.3 is 0 Å². The number of hydrogen-bond donors (Lipinski definition) is 2. The first kappa shape index (κ1) is 16.9. The molecule has 0 spiro atoms. The molecule has 0 aliphatic heterocycles. The van der Waals surface area contributed by atoms with Gasteiger partial charge in [-0.1, -0.05) is 0 Å². The Morgan fingerprint density at radius 2 is 1.32 bits per heavy atom. The van der Waals surface area contributed by atoms with Crippen molar-refractivity contribution in [2.45, 2.75) is 39.5 Å². The Morgan fingerprint density at radius 3 is 1.58 bits per heavy atom. The largest absolute Gasteiger partial charge is 0.355 e. The fourth-order valence-corrected chi connectivity index (χ4v) is 1.88. The summed E-state index contributed by atoms with van der Waals surface area (Å²) in [6.07, 6.45) is 0.449. The average molecular weight is 264 g/mol. The summed E-state index contributed by atoms with van der Waals surface area (Å²) in [6, 6.07) is 3.90. The number of carbonyl (C=O) groups is 2. The second-order valence-corrected chi connectivity index (χ2v) is 4.12. The summed E-state index contributed by atoms with van der Waals surface area (Å²) in [7, 11) is 0. The van der Waals surface area contributed by atoms with Crippen LogP contribution in [0.2, 0.25) is 0 Å². The summed E-state index contributed by atoms with van der Waals surface area (Å²) in [5.41, 5.74) is -1.32. The monoisotopic (exact) mass is 264 g/mol. The maximum absolute atomic E-state index is 12.2. The number of hydrogen-bond acceptors (Lipinski definition) is 4. The van der Waals surface area contributed by atoms with E-state index in [4.69, 9.17) is 10.5 Å². The minimum absolute atomic E-state index is 0.0969. The standard InChI is InChI=1S/C13H20N4O2/c1-3-16-11(18)13(7-5-9-14,8-6-10-15)12(19)17-4-2/h3-8H2,1-2H3,(H,16,18)(H,17,19). The molecule has 0 aromatic heterocycles. The molecule has 0 saturated carbocycles. The van der Waals surface area contributed by atoms with Gasteiger partial charge in [-0.2, -0.15) is 10.5 Å². The molecule has 0 unspecified atom stereocenters. The van der Waals surface area contributed by atoms with Crippen LogP contribution in [0.15, 0.2) is 0 Å². The molecule has 2 N–H and O–H groups in total. The van der Waals surface area contributed by atoms with E-state index in [1.165, 1.54) is 0 Å². The van der Waals surface area contributed by atoms with E-state index in [1.54, 1.807) is 13.8 Å². The van der Waals surface area contributed by atoms with Gasteiger partial charge in [-0.3, -0.25) is 9.59 Å². The van der Waals surface area contributed by atoms with Crippen molar-refractivity contribution in [2.24, 2.45) is 5.41 Å². The van der Waals surface area contributed by atoms with Gasteiger partial charge in [-0.25, -0.2) is 0 Å². The van der Waals surface area contributed by atoms with Gasteiger partial charge in [0.2, 0.25) is 11.8 Å². The highest BCUT2D eigenvalue weighted by atomic mass is 16.2. The van der Waals surface area contributed by atoms with Crippen molar-refractivity contribution in [3.05, 3.63) is 0 Å². The first-order valence-electron chi connectivity index (χ1n) is 6.39. The molecule has 0 rings (SSSR count). The molecule has 2 amide bonds. The molecule has 104 valence electrons. The Hall–Kier alpha value is -2.08. The van der Waals surface area contributed by atoms with Crippen LogP contribution in [0.5, 0.6) is 0 Å². The van der Waals surface area contributed by atoms with Gasteiger partial charge in [-0.05, 0) is 26.7 Å². The van der Waals surface area contributed by atoms with Crippen LogP contribution < -0.4 is 10.6 Å². The molecule has 0 radical (unpaired) electrons. The van der Waals surface area contributed by atoms with Crippen LogP contribution in [0, 0.1) is 28.1 Å². The van der Waals surface area contributed by atoms with Gasteiger partial charge in [0.25, 0.3) is 0 Å². The molecule has 6 nitrogen and oxygen atoms in total. The van der Waals surface area contributed by atoms with Crippen LogP contribution >= 0.6 is 0 Å². The van der Waals surface area contributed by atoms with E-state index < -0.39 is 17.2 Å². The Labute approximate surface area is 113 Å². The van der Waals surface area contributed by atoms with Crippen LogP contribution in [0.25, 0.3) is 0 Å². The maximum atomic E-state index is 12.2. The fourth-order valence-electron chi connectivity index (χ4n) is 1.88. The van der Waals surface area contributed by atoms with E-state index >= 15 is 0 Å². The molecule has 0 bridgehead atoms. The lowest BCUT2D eigenvalue weighted by Gasteiger charge is -2.29. The Balaban J connectivity index is 5.31. The number of carbonyl (C=O) groups excluding carboxylic acids is 2. The zero-order chi connectivity index (χ0) is 14.7. The summed E-state index contributed by atoms with van der Waals surface area (Å²) in [6.45, 7) is 4.32. The van der Waals surface area contributed by atoms with Gasteiger partial charge in [0.15, 0.2) is 0 Å². The van der Waals surface area contributed by atoms with Crippen LogP contribution in [0.4, 0.5) is 0 Å². The van der Waals surface area contributed by atoms with Crippen molar-refractivity contribution in [1.82, 2.24) is 10.6 Å². The smallest absolute Gasteiger partial charge is 0.235 e. The van der Waals surface area contributed by atoms with Crippen LogP contribution in [-0.4, -0.2) is 24.9 Å². The summed E-state index contributed by atoms with van der Waals surface area (Å²) >= 11 is 0. The Morgan fingerprint density at radius 1 is 0.947 bits per heavy atom. The third kappa shape index (κ3) is 4.59. The molecule has 6 heteroatoms. The lowest BCUT2D eigenvalue weighted by atomic mass is 9.77. The first-order chi connectivity index (χ1) is 9.08. The van der Waals surface area contributed by atoms with Crippen LogP contribution in [-0.2, 0) is 9.59 Å². The van der Waals surface area contributed by atoms with Gasteiger partial charge in [0.1, 0.15) is 5.41 Å². The third-order valence-electron chi connectivity index (χ3n) is 2.87. The van der Waals surface area contributed by atoms with Crippen molar-refractivity contribution < 1.29 is 9.59 Å². The number of nitriles is 2. The van der Waals surface area contributed by atoms with Crippen LogP contribution in [0.3, 0.4) is 0 Å². The minimum atomic E-state index is -1.32. The maximum Gasteiger partial charge on any atom is 0.235 e. The van der Waals surface area contributed by atoms with Crippen molar-refractivity contribution in [3.8, 4) is 12.1 Å². The summed E-state index contributed by atoms with van der Waals surface area (Å²) in [5.74, 6) is -0.821. The van der Waals surface area contributed by atoms with Crippen molar-refractivity contribution >= 4 is 11.8 Å². The first-order valence-corrected chi connectivity index (χ1v) is 6.39. The molecule has 0 fully saturated rings. The zero-order valence-corrected chi connectivity index (χ0v) is 11.5. The molecule has 0 aromatic rings. The zero-order valence-electron chi connectivity index (χ0n) is 11.5. The van der Waals surface area contributed by atoms with E-state index in [0.29, 0.717) is 13.1 Å². The molecule has 0 aliphatic rings. The SMILES string of the molecule is CCNC(=O)C(CCC#N)(CCC#N)C(=O)NCC. The Kier molecular flexibility index (Phi) is 7.95. The quantitative estimate of drug-likeness (QED) is 0.634. The third-order valence-corrected chi connectivity index (χ3v) is 2.87. The number of nitrogens with one attached hydrogen (secondary N) is 2. The number of nitrogens with zero attached hydrogens (tertiary/aromatic N) is 2. The van der Waals surface area contributed by atoms with Crippen LogP contribution in [0.1, 0.15) is 39.5 Å². The molecule has 0 atom stereocenters. The molecule has 0 heterocycles. The lowest BCUT2D eigenvalue weighted by Crippen LogP contribution is -2.51. The lowest BCUT2D eigenvalue weighted by molar-refractivity contribution is -0.144. The summed E-state index contributed by atoms with van der Waals surface area (Å²) in [4.78, 5) is 24.4. The topological polar surface area (TPSA) is 106 Å². The molecule has 0 saturated heterocycles. The van der Waals surface area contributed by atoms with Crippen molar-refractivity contribution in [2.75, 3.05) is 13.1 Å². The highest BCUT2D eigenvalue weighted by Crippen LogP contribution is 2.30. The van der Waals surface area contributed by atoms with E-state index in [0.717, 1.165) is 0 Å². The Bertz CT molecular complexity index is 354. The molecule has 0 aliphatic carbocycles. The van der Waals surface area contributed by atoms with Gasteiger partial charge in [-0.15, -0.1) is 0 Å². The fraction of sp³-hybridized carbons (Fsp3) is 0.692. The van der Waals surface area contributed by atoms with E-state index in [1.807, 2.05) is 12.1 Å². The van der Waals surface area contributed by atoms with Gasteiger partial charge in [0.05, 0.1) is 12.1 Å². The molecule has 19 heavy (non-hydrogen) atoms. The molecule has 0 aromatic carbocycles. The summed E-state index contributed by atoms with van der Waals surface area (Å²) < 4.78 is 0. The number of rotatable bonds is 8. The second-order valence-electron chi connectivity index (χ2n) is 4.12. The number of amides is 2. The molecular weight excluding hydrogens is 244 g/mol. The van der Waals surface area contributed by atoms with Gasteiger partial charge < -0.3 is 10.6 Å². The van der Waals surface area contributed by atoms with E-state index in [2.05, 4.69) is 10.6 Å². The highest BCUT2D eigenvalue weighted by molar-refractivity contribution is 6.05. The van der Waals surface area contributed by atoms with Crippen molar-refractivity contribution in [3.63, 3.8) is 0 Å². The second kappa shape index (κ2) is 8.93. The highest BCUT2D eigenvalue weighted by Gasteiger charge is 2.44. The normalized spacial score (nSPS) is 10.1. The van der Waals surface area contributed by atoms with E-state index in [-0.39, 0.29) is 25.7 Å². The van der Waals surface area contributed by atoms with Crippen molar-refractivity contribution in [1.29, 1.82) is 10.5 Å². The van der Waals surface area contributed by atoms with E-state index in [9.17, 15) is 9.59 Å². The van der Waals surface area contributed by atoms with Gasteiger partial charge in [0, 0.05) is 25.9 Å². The molecular formula is C13H20N4O2.